The highest BCUT2D eigenvalue weighted by atomic mass is 16.5. The number of pyridine rings is 1. The lowest BCUT2D eigenvalue weighted by molar-refractivity contribution is 0.178. The maximum atomic E-state index is 13.4. The second kappa shape index (κ2) is 9.26. The maximum Gasteiger partial charge on any atom is 0.259 e. The summed E-state index contributed by atoms with van der Waals surface area (Å²) in [5, 5.41) is 10.8. The number of hydrogen-bond acceptors (Lipinski definition) is 5. The van der Waals surface area contributed by atoms with Crippen LogP contribution >= 0.6 is 0 Å². The van der Waals surface area contributed by atoms with Gasteiger partial charge >= 0.3 is 0 Å². The number of likely N-dealkylation sites (tertiary alicyclic amines) is 1. The molecule has 152 valence electrons. The van der Waals surface area contributed by atoms with Gasteiger partial charge < -0.3 is 19.1 Å². The summed E-state index contributed by atoms with van der Waals surface area (Å²) < 4.78 is 12.3. The summed E-state index contributed by atoms with van der Waals surface area (Å²) in [6, 6.07) is 9.15. The lowest BCUT2D eigenvalue weighted by Crippen LogP contribution is -2.39. The van der Waals surface area contributed by atoms with Gasteiger partial charge in [0.1, 0.15) is 11.5 Å². The van der Waals surface area contributed by atoms with E-state index >= 15 is 0 Å². The van der Waals surface area contributed by atoms with Gasteiger partial charge in [0.15, 0.2) is 0 Å². The first-order chi connectivity index (χ1) is 13.6. The molecule has 0 spiro atoms. The zero-order valence-corrected chi connectivity index (χ0v) is 17.0. The number of rotatable bonds is 7. The van der Waals surface area contributed by atoms with Crippen molar-refractivity contribution in [2.75, 3.05) is 33.9 Å². The van der Waals surface area contributed by atoms with Crippen molar-refractivity contribution in [3.63, 3.8) is 0 Å². The molecule has 1 aromatic heterocycles. The summed E-state index contributed by atoms with van der Waals surface area (Å²) in [4.78, 5) is 15.7. The van der Waals surface area contributed by atoms with Crippen molar-refractivity contribution in [1.82, 2.24) is 9.47 Å². The molecule has 6 nitrogen and oxygen atoms in total. The van der Waals surface area contributed by atoms with Gasteiger partial charge in [0.2, 0.25) is 0 Å². The van der Waals surface area contributed by atoms with Gasteiger partial charge in [-0.25, -0.2) is 0 Å². The Hall–Kier alpha value is -2.31. The van der Waals surface area contributed by atoms with Crippen LogP contribution in [0, 0.1) is 6.92 Å². The average Bonchev–Trinajstić information content (AvgIpc) is 2.71. The van der Waals surface area contributed by atoms with Crippen molar-refractivity contribution >= 4 is 0 Å². The highest BCUT2D eigenvalue weighted by Crippen LogP contribution is 2.35. The SMILES string of the molecule is COCCn1c(C)cc(O)c([C@@H](c2cccc(OC)c2)N2CCCCC2)c1=O. The Morgan fingerprint density at radius 2 is 1.89 bits per heavy atom. The van der Waals surface area contributed by atoms with E-state index in [9.17, 15) is 9.90 Å². The van der Waals surface area contributed by atoms with E-state index in [2.05, 4.69) is 4.90 Å². The molecule has 1 atom stereocenters. The van der Waals surface area contributed by atoms with Crippen LogP contribution in [0.15, 0.2) is 35.1 Å². The first-order valence-corrected chi connectivity index (χ1v) is 9.87. The van der Waals surface area contributed by atoms with E-state index in [1.807, 2.05) is 31.2 Å². The molecule has 1 aliphatic heterocycles. The highest BCUT2D eigenvalue weighted by Gasteiger charge is 2.30. The van der Waals surface area contributed by atoms with Crippen LogP contribution in [0.2, 0.25) is 0 Å². The fourth-order valence-corrected chi connectivity index (χ4v) is 4.03. The third-order valence-electron chi connectivity index (χ3n) is 5.48. The molecule has 1 fully saturated rings. The fraction of sp³-hybridized carbons (Fsp3) is 0.500. The van der Waals surface area contributed by atoms with Crippen LogP contribution in [0.25, 0.3) is 0 Å². The topological polar surface area (TPSA) is 63.9 Å². The van der Waals surface area contributed by atoms with E-state index in [4.69, 9.17) is 9.47 Å². The summed E-state index contributed by atoms with van der Waals surface area (Å²) in [6.45, 7) is 4.53. The van der Waals surface area contributed by atoms with E-state index < -0.39 is 0 Å². The smallest absolute Gasteiger partial charge is 0.259 e. The Morgan fingerprint density at radius 3 is 2.57 bits per heavy atom. The van der Waals surface area contributed by atoms with Crippen LogP contribution in [0.4, 0.5) is 0 Å². The van der Waals surface area contributed by atoms with Crippen molar-refractivity contribution in [3.8, 4) is 11.5 Å². The number of methoxy groups -OCH3 is 2. The maximum absolute atomic E-state index is 13.4. The zero-order valence-electron chi connectivity index (χ0n) is 17.0. The molecule has 0 bridgehead atoms. The van der Waals surface area contributed by atoms with Crippen molar-refractivity contribution in [2.24, 2.45) is 0 Å². The molecule has 1 aliphatic rings. The molecule has 2 aromatic rings. The van der Waals surface area contributed by atoms with Crippen molar-refractivity contribution < 1.29 is 14.6 Å². The number of nitrogens with zero attached hydrogens (tertiary/aromatic N) is 2. The molecular weight excluding hydrogens is 356 g/mol. The largest absolute Gasteiger partial charge is 0.507 e. The number of benzene rings is 1. The van der Waals surface area contributed by atoms with Crippen molar-refractivity contribution in [1.29, 1.82) is 0 Å². The number of ether oxygens (including phenoxy) is 2. The van der Waals surface area contributed by atoms with Gasteiger partial charge in [-0.2, -0.15) is 0 Å². The van der Waals surface area contributed by atoms with Gasteiger partial charge in [-0.05, 0) is 56.6 Å². The van der Waals surface area contributed by atoms with E-state index in [1.165, 1.54) is 6.42 Å². The quantitative estimate of drug-likeness (QED) is 0.792. The summed E-state index contributed by atoms with van der Waals surface area (Å²) in [6.07, 6.45) is 3.37. The summed E-state index contributed by atoms with van der Waals surface area (Å²) in [7, 11) is 3.25. The van der Waals surface area contributed by atoms with E-state index in [0.29, 0.717) is 18.7 Å². The van der Waals surface area contributed by atoms with Gasteiger partial charge in [-0.15, -0.1) is 0 Å². The van der Waals surface area contributed by atoms with Gasteiger partial charge in [0.25, 0.3) is 5.56 Å². The fourth-order valence-electron chi connectivity index (χ4n) is 4.03. The molecular formula is C22H30N2O4. The molecule has 0 unspecified atom stereocenters. The molecule has 28 heavy (non-hydrogen) atoms. The lowest BCUT2D eigenvalue weighted by Gasteiger charge is -2.35. The molecule has 2 heterocycles. The zero-order chi connectivity index (χ0) is 20.1. The normalized spacial score (nSPS) is 16.1. The lowest BCUT2D eigenvalue weighted by atomic mass is 9.94. The Kier molecular flexibility index (Phi) is 6.75. The van der Waals surface area contributed by atoms with Crippen molar-refractivity contribution in [2.45, 2.75) is 38.8 Å². The van der Waals surface area contributed by atoms with E-state index in [-0.39, 0.29) is 17.4 Å². The van der Waals surface area contributed by atoms with Crippen LogP contribution in [0.1, 0.15) is 42.1 Å². The van der Waals surface area contributed by atoms with Crippen LogP contribution < -0.4 is 10.3 Å². The summed E-state index contributed by atoms with van der Waals surface area (Å²) in [5.74, 6) is 0.792. The highest BCUT2D eigenvalue weighted by molar-refractivity contribution is 5.43. The number of aromatic hydroxyl groups is 1. The predicted molar refractivity (Wildman–Crippen MR) is 109 cm³/mol. The number of hydrogen-bond donors (Lipinski definition) is 1. The Bertz CT molecular complexity index is 856. The van der Waals surface area contributed by atoms with Gasteiger partial charge in [-0.1, -0.05) is 18.6 Å². The van der Waals surface area contributed by atoms with E-state index in [1.54, 1.807) is 24.9 Å². The van der Waals surface area contributed by atoms with Crippen LogP contribution in [0.3, 0.4) is 0 Å². The first kappa shape index (κ1) is 20.4. The minimum Gasteiger partial charge on any atom is -0.507 e. The van der Waals surface area contributed by atoms with E-state index in [0.717, 1.165) is 42.9 Å². The molecule has 3 rings (SSSR count). The Balaban J connectivity index is 2.15. The number of piperidine rings is 1. The molecule has 6 heteroatoms. The van der Waals surface area contributed by atoms with Gasteiger partial charge in [0.05, 0.1) is 25.3 Å². The second-order valence-corrected chi connectivity index (χ2v) is 7.31. The minimum absolute atomic E-state index is 0.0505. The van der Waals surface area contributed by atoms with Crippen LogP contribution in [0.5, 0.6) is 11.5 Å². The van der Waals surface area contributed by atoms with Crippen molar-refractivity contribution in [3.05, 3.63) is 57.5 Å². The summed E-state index contributed by atoms with van der Waals surface area (Å²) >= 11 is 0. The molecule has 1 aromatic carbocycles. The molecule has 0 amide bonds. The average molecular weight is 386 g/mol. The summed E-state index contributed by atoms with van der Waals surface area (Å²) in [5.41, 5.74) is 1.95. The second-order valence-electron chi connectivity index (χ2n) is 7.31. The monoisotopic (exact) mass is 386 g/mol. The van der Waals surface area contributed by atoms with Crippen LogP contribution in [-0.2, 0) is 11.3 Å². The number of aromatic nitrogens is 1. The van der Waals surface area contributed by atoms with Gasteiger partial charge in [-0.3, -0.25) is 9.69 Å². The Labute approximate surface area is 166 Å². The third-order valence-corrected chi connectivity index (χ3v) is 5.48. The third kappa shape index (κ3) is 4.23. The van der Waals surface area contributed by atoms with Crippen LogP contribution in [-0.4, -0.2) is 48.5 Å². The van der Waals surface area contributed by atoms with Gasteiger partial charge in [0, 0.05) is 19.3 Å². The molecule has 1 N–H and O–H groups in total. The molecule has 1 saturated heterocycles. The standard InChI is InChI=1S/C22H30N2O4/c1-16-14-19(25)20(22(26)24(16)12-13-27-2)21(23-10-5-4-6-11-23)17-8-7-9-18(15-17)28-3/h7-9,14-15,21,25H,4-6,10-13H2,1-3H3/t21-/m1/s1. The Morgan fingerprint density at radius 1 is 1.14 bits per heavy atom. The molecule has 0 radical (unpaired) electrons. The molecule has 0 aliphatic carbocycles. The first-order valence-electron chi connectivity index (χ1n) is 9.87. The molecule has 0 saturated carbocycles. The minimum atomic E-state index is -0.308. The predicted octanol–water partition coefficient (Wildman–Crippen LogP) is 3.09. The number of aryl methyl sites for hydroxylation is 1.